The van der Waals surface area contributed by atoms with Crippen molar-refractivity contribution in [1.82, 2.24) is 9.78 Å². The van der Waals surface area contributed by atoms with E-state index >= 15 is 0 Å². The fourth-order valence-electron chi connectivity index (χ4n) is 1.26. The van der Waals surface area contributed by atoms with Gasteiger partial charge in [0, 0.05) is 7.05 Å². The van der Waals surface area contributed by atoms with Crippen LogP contribution in [0.1, 0.15) is 25.7 Å². The van der Waals surface area contributed by atoms with Crippen molar-refractivity contribution < 1.29 is 4.74 Å². The molecule has 1 heterocycles. The highest BCUT2D eigenvalue weighted by molar-refractivity contribution is 5.10. The lowest BCUT2D eigenvalue weighted by Gasteiger charge is -2.02. The van der Waals surface area contributed by atoms with Crippen LogP contribution in [0.3, 0.4) is 0 Å². The van der Waals surface area contributed by atoms with Crippen LogP contribution in [0.15, 0.2) is 12.4 Å². The Morgan fingerprint density at radius 2 is 2.14 bits per heavy atom. The maximum atomic E-state index is 5.49. The van der Waals surface area contributed by atoms with Crippen molar-refractivity contribution in [3.63, 3.8) is 0 Å². The number of nitrogens with two attached hydrogens (primary N) is 1. The Kier molecular flexibility index (Phi) is 5.07. The van der Waals surface area contributed by atoms with Gasteiger partial charge in [0.05, 0.1) is 19.0 Å². The Morgan fingerprint density at radius 1 is 1.36 bits per heavy atom. The molecule has 80 valence electrons. The third-order valence-corrected chi connectivity index (χ3v) is 2.05. The molecule has 0 saturated heterocycles. The topological polar surface area (TPSA) is 53.1 Å². The van der Waals surface area contributed by atoms with Gasteiger partial charge in [0.15, 0.2) is 5.75 Å². The fourth-order valence-corrected chi connectivity index (χ4v) is 1.26. The lowest BCUT2D eigenvalue weighted by atomic mass is 10.2. The molecule has 0 atom stereocenters. The SMILES string of the molecule is Cn1cc(OCCCCCCN)cn1. The van der Waals surface area contributed by atoms with Crippen molar-refractivity contribution in [2.45, 2.75) is 25.7 Å². The molecule has 0 unspecified atom stereocenters. The third-order valence-electron chi connectivity index (χ3n) is 2.05. The molecule has 1 aromatic rings. The van der Waals surface area contributed by atoms with Crippen LogP contribution < -0.4 is 10.5 Å². The molecule has 0 bridgehead atoms. The van der Waals surface area contributed by atoms with E-state index in [-0.39, 0.29) is 0 Å². The van der Waals surface area contributed by atoms with Gasteiger partial charge in [-0.25, -0.2) is 0 Å². The minimum Gasteiger partial charge on any atom is -0.490 e. The predicted molar refractivity (Wildman–Crippen MR) is 56.2 cm³/mol. The van der Waals surface area contributed by atoms with Gasteiger partial charge in [-0.2, -0.15) is 5.10 Å². The van der Waals surface area contributed by atoms with Crippen molar-refractivity contribution in [2.75, 3.05) is 13.2 Å². The molecule has 0 fully saturated rings. The van der Waals surface area contributed by atoms with Crippen LogP contribution in [-0.2, 0) is 7.05 Å². The Bertz CT molecular complexity index is 247. The Balaban J connectivity index is 1.99. The molecule has 0 aromatic carbocycles. The van der Waals surface area contributed by atoms with E-state index in [1.165, 1.54) is 12.8 Å². The molecule has 0 amide bonds. The molecule has 0 radical (unpaired) electrons. The summed E-state index contributed by atoms with van der Waals surface area (Å²) in [6.07, 6.45) is 8.21. The first-order valence-electron chi connectivity index (χ1n) is 5.14. The summed E-state index contributed by atoms with van der Waals surface area (Å²) in [5, 5.41) is 4.02. The van der Waals surface area contributed by atoms with E-state index < -0.39 is 0 Å². The van der Waals surface area contributed by atoms with Crippen LogP contribution in [0.5, 0.6) is 5.75 Å². The quantitative estimate of drug-likeness (QED) is 0.671. The summed E-state index contributed by atoms with van der Waals surface area (Å²) in [5.41, 5.74) is 5.39. The van der Waals surface area contributed by atoms with Gasteiger partial charge in [-0.05, 0) is 19.4 Å². The van der Waals surface area contributed by atoms with Crippen molar-refractivity contribution in [3.8, 4) is 5.75 Å². The molecule has 2 N–H and O–H groups in total. The lowest BCUT2D eigenvalue weighted by Crippen LogP contribution is -2.00. The number of aromatic nitrogens is 2. The largest absolute Gasteiger partial charge is 0.490 e. The lowest BCUT2D eigenvalue weighted by molar-refractivity contribution is 0.304. The first kappa shape index (κ1) is 11.0. The van der Waals surface area contributed by atoms with E-state index in [2.05, 4.69) is 5.10 Å². The molecule has 0 aliphatic rings. The van der Waals surface area contributed by atoms with Crippen molar-refractivity contribution >= 4 is 0 Å². The number of hydrogen-bond acceptors (Lipinski definition) is 3. The standard InChI is InChI=1S/C10H19N3O/c1-13-9-10(8-12-13)14-7-5-3-2-4-6-11/h8-9H,2-7,11H2,1H3. The van der Waals surface area contributed by atoms with Crippen LogP contribution in [0, 0.1) is 0 Å². The molecule has 0 spiro atoms. The van der Waals surface area contributed by atoms with E-state index in [4.69, 9.17) is 10.5 Å². The van der Waals surface area contributed by atoms with Gasteiger partial charge < -0.3 is 10.5 Å². The second kappa shape index (κ2) is 6.43. The normalized spacial score (nSPS) is 10.4. The van der Waals surface area contributed by atoms with Crippen LogP contribution in [0.2, 0.25) is 0 Å². The fraction of sp³-hybridized carbons (Fsp3) is 0.700. The van der Waals surface area contributed by atoms with Gasteiger partial charge in [-0.3, -0.25) is 4.68 Å². The van der Waals surface area contributed by atoms with Crippen molar-refractivity contribution in [2.24, 2.45) is 12.8 Å². The zero-order valence-corrected chi connectivity index (χ0v) is 8.78. The number of ether oxygens (including phenoxy) is 1. The minimum atomic E-state index is 0.774. The van der Waals surface area contributed by atoms with Gasteiger partial charge in [-0.15, -0.1) is 0 Å². The predicted octanol–water partition coefficient (Wildman–Crippen LogP) is 1.32. The van der Waals surface area contributed by atoms with E-state index in [1.807, 2.05) is 13.2 Å². The van der Waals surface area contributed by atoms with E-state index in [9.17, 15) is 0 Å². The second-order valence-corrected chi connectivity index (χ2v) is 3.40. The number of nitrogens with zero attached hydrogens (tertiary/aromatic N) is 2. The first-order chi connectivity index (χ1) is 6.83. The number of hydrogen-bond donors (Lipinski definition) is 1. The number of rotatable bonds is 7. The average molecular weight is 197 g/mol. The van der Waals surface area contributed by atoms with Crippen molar-refractivity contribution in [3.05, 3.63) is 12.4 Å². The smallest absolute Gasteiger partial charge is 0.157 e. The molecule has 14 heavy (non-hydrogen) atoms. The maximum Gasteiger partial charge on any atom is 0.157 e. The number of unbranched alkanes of at least 4 members (excludes halogenated alkanes) is 3. The highest BCUT2D eigenvalue weighted by Crippen LogP contribution is 2.08. The second-order valence-electron chi connectivity index (χ2n) is 3.40. The highest BCUT2D eigenvalue weighted by atomic mass is 16.5. The van der Waals surface area contributed by atoms with E-state index in [0.29, 0.717) is 0 Å². The highest BCUT2D eigenvalue weighted by Gasteiger charge is 1.95. The summed E-state index contributed by atoms with van der Waals surface area (Å²) >= 11 is 0. The maximum absolute atomic E-state index is 5.49. The Morgan fingerprint density at radius 3 is 2.79 bits per heavy atom. The molecular weight excluding hydrogens is 178 g/mol. The molecule has 0 saturated carbocycles. The summed E-state index contributed by atoms with van der Waals surface area (Å²) in [4.78, 5) is 0. The summed E-state index contributed by atoms with van der Waals surface area (Å²) < 4.78 is 7.23. The molecule has 4 heteroatoms. The molecule has 1 rings (SSSR count). The van der Waals surface area contributed by atoms with Crippen LogP contribution >= 0.6 is 0 Å². The molecular formula is C10H19N3O. The van der Waals surface area contributed by atoms with Gasteiger partial charge in [0.1, 0.15) is 0 Å². The van der Waals surface area contributed by atoms with Gasteiger partial charge in [0.2, 0.25) is 0 Å². The summed E-state index contributed by atoms with van der Waals surface area (Å²) in [7, 11) is 1.88. The summed E-state index contributed by atoms with van der Waals surface area (Å²) in [6.45, 7) is 1.57. The Hall–Kier alpha value is -1.03. The van der Waals surface area contributed by atoms with E-state index in [1.54, 1.807) is 10.9 Å². The Labute approximate surface area is 85.0 Å². The average Bonchev–Trinajstić information content (AvgIpc) is 2.58. The van der Waals surface area contributed by atoms with Crippen LogP contribution in [-0.4, -0.2) is 22.9 Å². The zero-order valence-electron chi connectivity index (χ0n) is 8.78. The van der Waals surface area contributed by atoms with Gasteiger partial charge >= 0.3 is 0 Å². The summed E-state index contributed by atoms with van der Waals surface area (Å²) in [6, 6.07) is 0. The van der Waals surface area contributed by atoms with Crippen LogP contribution in [0.25, 0.3) is 0 Å². The molecule has 0 aliphatic carbocycles. The van der Waals surface area contributed by atoms with Crippen molar-refractivity contribution in [1.29, 1.82) is 0 Å². The first-order valence-corrected chi connectivity index (χ1v) is 5.14. The molecule has 4 nitrogen and oxygen atoms in total. The number of aryl methyl sites for hydroxylation is 1. The third kappa shape index (κ3) is 4.28. The minimum absolute atomic E-state index is 0.774. The van der Waals surface area contributed by atoms with Gasteiger partial charge in [-0.1, -0.05) is 12.8 Å². The monoisotopic (exact) mass is 197 g/mol. The molecule has 1 aromatic heterocycles. The van der Waals surface area contributed by atoms with Crippen LogP contribution in [0.4, 0.5) is 0 Å². The summed E-state index contributed by atoms with van der Waals surface area (Å²) in [5.74, 6) is 0.853. The van der Waals surface area contributed by atoms with Gasteiger partial charge in [0.25, 0.3) is 0 Å². The zero-order chi connectivity index (χ0) is 10.2. The van der Waals surface area contributed by atoms with E-state index in [0.717, 1.165) is 31.7 Å². The molecule has 0 aliphatic heterocycles.